The van der Waals surface area contributed by atoms with Gasteiger partial charge < -0.3 is 10.6 Å². The maximum atomic E-state index is 12.2. The zero-order valence-electron chi connectivity index (χ0n) is 12.8. The monoisotopic (exact) mass is 326 g/mol. The van der Waals surface area contributed by atoms with Gasteiger partial charge in [-0.1, -0.05) is 31.2 Å². The molecule has 0 bridgehead atoms. The fraction of sp³-hybridized carbons (Fsp3) is 0.222. The summed E-state index contributed by atoms with van der Waals surface area (Å²) in [7, 11) is 0. The van der Waals surface area contributed by atoms with Crippen LogP contribution < -0.4 is 10.6 Å². The summed E-state index contributed by atoms with van der Waals surface area (Å²) in [6, 6.07) is 15.4. The van der Waals surface area contributed by atoms with Gasteiger partial charge in [-0.2, -0.15) is 0 Å². The molecular formula is C18H18N2O2S. The molecule has 2 aromatic carbocycles. The van der Waals surface area contributed by atoms with Gasteiger partial charge in [-0.3, -0.25) is 9.59 Å². The average molecular weight is 326 g/mol. The number of fused-ring (bicyclic) bond motifs is 1. The molecule has 1 aliphatic heterocycles. The van der Waals surface area contributed by atoms with Crippen LogP contribution in [0.3, 0.4) is 0 Å². The van der Waals surface area contributed by atoms with Crippen LogP contribution in [0.25, 0.3) is 0 Å². The summed E-state index contributed by atoms with van der Waals surface area (Å²) in [5.74, 6) is -0.272. The fourth-order valence-electron chi connectivity index (χ4n) is 2.43. The number of carbonyl (C=O) groups excluding carboxylic acids is 2. The van der Waals surface area contributed by atoms with Crippen molar-refractivity contribution in [2.45, 2.75) is 29.9 Å². The Morgan fingerprint density at radius 1 is 1.17 bits per heavy atom. The quantitative estimate of drug-likeness (QED) is 0.901. The van der Waals surface area contributed by atoms with Crippen LogP contribution in [0.15, 0.2) is 53.4 Å². The van der Waals surface area contributed by atoms with Crippen molar-refractivity contribution >= 4 is 35.0 Å². The number of benzene rings is 2. The van der Waals surface area contributed by atoms with Gasteiger partial charge in [0.1, 0.15) is 0 Å². The lowest BCUT2D eigenvalue weighted by atomic mass is 10.1. The van der Waals surface area contributed by atoms with Crippen molar-refractivity contribution in [3.05, 3.63) is 54.1 Å². The number of para-hydroxylation sites is 1. The van der Waals surface area contributed by atoms with Crippen molar-refractivity contribution in [1.82, 2.24) is 0 Å². The van der Waals surface area contributed by atoms with Gasteiger partial charge in [0.2, 0.25) is 11.8 Å². The van der Waals surface area contributed by atoms with E-state index in [1.165, 1.54) is 17.3 Å². The highest BCUT2D eigenvalue weighted by molar-refractivity contribution is 8.01. The zero-order chi connectivity index (χ0) is 16.2. The van der Waals surface area contributed by atoms with Gasteiger partial charge in [-0.25, -0.2) is 0 Å². The van der Waals surface area contributed by atoms with E-state index >= 15 is 0 Å². The summed E-state index contributed by atoms with van der Waals surface area (Å²) in [6.45, 7) is 2.09. The molecule has 0 fully saturated rings. The largest absolute Gasteiger partial charge is 0.326 e. The van der Waals surface area contributed by atoms with Gasteiger partial charge in [-0.05, 0) is 36.2 Å². The number of nitrogens with one attached hydrogen (secondary N) is 2. The van der Waals surface area contributed by atoms with E-state index in [0.29, 0.717) is 0 Å². The molecule has 4 nitrogen and oxygen atoms in total. The Bertz CT molecular complexity index is 728. The third kappa shape index (κ3) is 3.74. The molecule has 0 spiro atoms. The molecule has 0 saturated carbocycles. The molecule has 5 heteroatoms. The molecule has 2 amide bonds. The van der Waals surface area contributed by atoms with E-state index < -0.39 is 5.25 Å². The van der Waals surface area contributed by atoms with Gasteiger partial charge in [0.15, 0.2) is 0 Å². The summed E-state index contributed by atoms with van der Waals surface area (Å²) in [5, 5.41) is 5.30. The minimum atomic E-state index is -0.403. The Morgan fingerprint density at radius 2 is 1.91 bits per heavy atom. The van der Waals surface area contributed by atoms with Crippen molar-refractivity contribution < 1.29 is 9.59 Å². The molecule has 0 saturated heterocycles. The zero-order valence-corrected chi connectivity index (χ0v) is 13.7. The third-order valence-corrected chi connectivity index (χ3v) is 5.00. The number of hydrogen-bond donors (Lipinski definition) is 2. The first-order valence-corrected chi connectivity index (χ1v) is 8.49. The Labute approximate surface area is 139 Å². The molecule has 2 N–H and O–H groups in total. The molecule has 3 rings (SSSR count). The van der Waals surface area contributed by atoms with E-state index in [1.807, 2.05) is 48.5 Å². The van der Waals surface area contributed by atoms with E-state index in [2.05, 4.69) is 17.6 Å². The van der Waals surface area contributed by atoms with Gasteiger partial charge in [-0.15, -0.1) is 11.8 Å². The molecule has 1 atom stereocenters. The van der Waals surface area contributed by atoms with E-state index in [0.717, 1.165) is 22.7 Å². The molecule has 0 aliphatic carbocycles. The first-order chi connectivity index (χ1) is 11.2. The fourth-order valence-corrected chi connectivity index (χ4v) is 3.54. The molecule has 2 aromatic rings. The summed E-state index contributed by atoms with van der Waals surface area (Å²) in [6.07, 6.45) is 1.12. The normalized spacial score (nSPS) is 16.4. The number of amides is 2. The number of hydrogen-bond acceptors (Lipinski definition) is 3. The minimum absolute atomic E-state index is 0.120. The predicted molar refractivity (Wildman–Crippen MR) is 93.8 cm³/mol. The first kappa shape index (κ1) is 15.6. The lowest BCUT2D eigenvalue weighted by molar-refractivity contribution is -0.120. The van der Waals surface area contributed by atoms with Crippen molar-refractivity contribution in [1.29, 1.82) is 0 Å². The molecule has 1 aliphatic rings. The topological polar surface area (TPSA) is 58.2 Å². The van der Waals surface area contributed by atoms with Crippen LogP contribution in [0.5, 0.6) is 0 Å². The van der Waals surface area contributed by atoms with Crippen molar-refractivity contribution in [3.63, 3.8) is 0 Å². The third-order valence-electron chi connectivity index (χ3n) is 3.72. The second-order valence-electron chi connectivity index (χ2n) is 5.39. The van der Waals surface area contributed by atoms with E-state index in [-0.39, 0.29) is 18.2 Å². The maximum Gasteiger partial charge on any atom is 0.238 e. The van der Waals surface area contributed by atoms with Crippen molar-refractivity contribution in [2.24, 2.45) is 0 Å². The molecule has 0 aromatic heterocycles. The average Bonchev–Trinajstić information content (AvgIpc) is 2.56. The summed E-state index contributed by atoms with van der Waals surface area (Å²) < 4.78 is 0. The van der Waals surface area contributed by atoms with Gasteiger partial charge in [0, 0.05) is 17.0 Å². The summed E-state index contributed by atoms with van der Waals surface area (Å²) in [5.41, 5.74) is 2.80. The van der Waals surface area contributed by atoms with Crippen LogP contribution in [-0.2, 0) is 16.0 Å². The smallest absolute Gasteiger partial charge is 0.238 e. The Morgan fingerprint density at radius 3 is 2.65 bits per heavy atom. The predicted octanol–water partition coefficient (Wildman–Crippen LogP) is 3.69. The van der Waals surface area contributed by atoms with Crippen molar-refractivity contribution in [3.8, 4) is 0 Å². The van der Waals surface area contributed by atoms with E-state index in [9.17, 15) is 9.59 Å². The molecule has 118 valence electrons. The van der Waals surface area contributed by atoms with Crippen LogP contribution in [-0.4, -0.2) is 17.1 Å². The Kier molecular flexibility index (Phi) is 4.67. The highest BCUT2D eigenvalue weighted by Gasteiger charge is 2.28. The molecular weight excluding hydrogens is 308 g/mol. The number of rotatable bonds is 4. The number of anilines is 2. The van der Waals surface area contributed by atoms with Crippen LogP contribution in [0.4, 0.5) is 11.4 Å². The molecule has 0 unspecified atom stereocenters. The Hall–Kier alpha value is -2.27. The van der Waals surface area contributed by atoms with Crippen LogP contribution in [0, 0.1) is 0 Å². The Balaban J connectivity index is 1.62. The summed E-state index contributed by atoms with van der Waals surface area (Å²) in [4.78, 5) is 25.3. The van der Waals surface area contributed by atoms with Gasteiger partial charge in [0.05, 0.1) is 10.9 Å². The maximum absolute atomic E-state index is 12.2. The van der Waals surface area contributed by atoms with E-state index in [1.54, 1.807) is 0 Å². The van der Waals surface area contributed by atoms with Crippen LogP contribution in [0.1, 0.15) is 18.9 Å². The minimum Gasteiger partial charge on any atom is -0.326 e. The van der Waals surface area contributed by atoms with Gasteiger partial charge in [0.25, 0.3) is 0 Å². The number of thioether (sulfide) groups is 1. The first-order valence-electron chi connectivity index (χ1n) is 7.61. The number of carbonyl (C=O) groups is 2. The molecule has 0 radical (unpaired) electrons. The second kappa shape index (κ2) is 6.87. The van der Waals surface area contributed by atoms with Crippen LogP contribution >= 0.6 is 11.8 Å². The van der Waals surface area contributed by atoms with Crippen LogP contribution in [0.2, 0.25) is 0 Å². The standard InChI is InChI=1S/C18H18N2O2S/c1-2-12-7-9-13(10-8-12)19-17(21)11-16-18(22)20-14-5-3-4-6-15(14)23-16/h3-10,16H,2,11H2,1H3,(H,19,21)(H,20,22)/t16-/m0/s1. The van der Waals surface area contributed by atoms with Gasteiger partial charge >= 0.3 is 0 Å². The highest BCUT2D eigenvalue weighted by atomic mass is 32.2. The van der Waals surface area contributed by atoms with Crippen molar-refractivity contribution in [2.75, 3.05) is 10.6 Å². The molecule has 23 heavy (non-hydrogen) atoms. The summed E-state index contributed by atoms with van der Waals surface area (Å²) >= 11 is 1.44. The van der Waals surface area contributed by atoms with E-state index in [4.69, 9.17) is 0 Å². The second-order valence-corrected chi connectivity index (χ2v) is 6.64. The lowest BCUT2D eigenvalue weighted by Crippen LogP contribution is -2.32. The SMILES string of the molecule is CCc1ccc(NC(=O)C[C@@H]2Sc3ccccc3NC2=O)cc1. The highest BCUT2D eigenvalue weighted by Crippen LogP contribution is 2.36. The lowest BCUT2D eigenvalue weighted by Gasteiger charge is -2.23. The molecule has 1 heterocycles. The number of aryl methyl sites for hydroxylation is 1.